The molecule has 1 amide bonds. The molecule has 132 valence electrons. The van der Waals surface area contributed by atoms with Crippen LogP contribution in [0.1, 0.15) is 34.9 Å². The first-order chi connectivity index (χ1) is 12.6. The molecular weight excluding hydrogens is 332 g/mol. The highest BCUT2D eigenvalue weighted by Gasteiger charge is 2.28. The van der Waals surface area contributed by atoms with Crippen molar-refractivity contribution in [3.63, 3.8) is 0 Å². The first kappa shape index (κ1) is 16.3. The van der Waals surface area contributed by atoms with Gasteiger partial charge in [0.2, 0.25) is 0 Å². The second kappa shape index (κ2) is 6.59. The molecule has 0 aliphatic carbocycles. The third kappa shape index (κ3) is 3.03. The predicted molar refractivity (Wildman–Crippen MR) is 97.1 cm³/mol. The number of fused-ring (bicyclic) bond motifs is 1. The number of piperidine rings is 1. The average molecular weight is 350 g/mol. The second-order valence-electron chi connectivity index (χ2n) is 6.54. The molecule has 2 aromatic carbocycles. The van der Waals surface area contributed by atoms with Crippen molar-refractivity contribution in [3.8, 4) is 0 Å². The molecule has 1 unspecified atom stereocenters. The number of nitrogens with one attached hydrogen (secondary N) is 1. The van der Waals surface area contributed by atoms with E-state index in [9.17, 15) is 14.9 Å². The smallest absolute Gasteiger partial charge is 0.270 e. The molecule has 1 atom stereocenters. The highest BCUT2D eigenvalue weighted by atomic mass is 16.6. The lowest BCUT2D eigenvalue weighted by Crippen LogP contribution is -2.39. The van der Waals surface area contributed by atoms with Gasteiger partial charge in [0, 0.05) is 36.7 Å². The molecule has 1 aliphatic rings. The molecule has 7 nitrogen and oxygen atoms in total. The topological polar surface area (TPSA) is 92.1 Å². The molecule has 0 spiro atoms. The number of carbonyl (C=O) groups excluding carboxylic acids is 1. The van der Waals surface area contributed by atoms with Crippen LogP contribution in [0.3, 0.4) is 0 Å². The fraction of sp³-hybridized carbons (Fsp3) is 0.263. The van der Waals surface area contributed by atoms with Gasteiger partial charge in [-0.3, -0.25) is 14.9 Å². The van der Waals surface area contributed by atoms with Crippen molar-refractivity contribution in [1.82, 2.24) is 14.9 Å². The minimum absolute atomic E-state index is 0.0679. The number of nitrogens with zero attached hydrogens (tertiary/aromatic N) is 3. The molecule has 1 aromatic heterocycles. The van der Waals surface area contributed by atoms with Gasteiger partial charge in [-0.25, -0.2) is 4.98 Å². The van der Waals surface area contributed by atoms with Crippen molar-refractivity contribution in [2.45, 2.75) is 18.8 Å². The van der Waals surface area contributed by atoms with Gasteiger partial charge in [-0.15, -0.1) is 0 Å². The van der Waals surface area contributed by atoms with E-state index in [1.807, 2.05) is 24.3 Å². The van der Waals surface area contributed by atoms with Crippen LogP contribution in [0, 0.1) is 10.1 Å². The van der Waals surface area contributed by atoms with Crippen molar-refractivity contribution >= 4 is 22.6 Å². The highest BCUT2D eigenvalue weighted by Crippen LogP contribution is 2.28. The number of non-ortho nitro benzene ring substituents is 1. The van der Waals surface area contributed by atoms with E-state index in [4.69, 9.17) is 0 Å². The van der Waals surface area contributed by atoms with Crippen LogP contribution in [-0.2, 0) is 0 Å². The summed E-state index contributed by atoms with van der Waals surface area (Å²) in [6, 6.07) is 13.8. The number of aromatic nitrogens is 2. The monoisotopic (exact) mass is 350 g/mol. The number of imidazole rings is 1. The summed E-state index contributed by atoms with van der Waals surface area (Å²) in [4.78, 5) is 33.0. The van der Waals surface area contributed by atoms with Crippen molar-refractivity contribution < 1.29 is 9.72 Å². The molecular formula is C19H18N4O3. The number of H-pyrrole nitrogens is 1. The van der Waals surface area contributed by atoms with Crippen LogP contribution in [0.5, 0.6) is 0 Å². The first-order valence-corrected chi connectivity index (χ1v) is 8.60. The lowest BCUT2D eigenvalue weighted by Gasteiger charge is -2.31. The van der Waals surface area contributed by atoms with Crippen LogP contribution in [-0.4, -0.2) is 38.8 Å². The van der Waals surface area contributed by atoms with E-state index in [1.54, 1.807) is 17.0 Å². The summed E-state index contributed by atoms with van der Waals surface area (Å²) in [5.41, 5.74) is 2.19. The van der Waals surface area contributed by atoms with Crippen LogP contribution in [0.4, 0.5) is 5.69 Å². The maximum atomic E-state index is 12.8. The molecule has 0 bridgehead atoms. The number of likely N-dealkylation sites (tertiary alicyclic amines) is 1. The Kier molecular flexibility index (Phi) is 4.12. The van der Waals surface area contributed by atoms with Crippen molar-refractivity contribution in [3.05, 3.63) is 70.0 Å². The molecule has 4 rings (SSSR count). The van der Waals surface area contributed by atoms with E-state index in [0.29, 0.717) is 18.7 Å². The van der Waals surface area contributed by atoms with E-state index < -0.39 is 4.92 Å². The molecule has 0 saturated carbocycles. The molecule has 2 heterocycles. The van der Waals surface area contributed by atoms with Gasteiger partial charge in [0.25, 0.3) is 11.6 Å². The third-order valence-corrected chi connectivity index (χ3v) is 4.81. The Hall–Kier alpha value is -3.22. The predicted octanol–water partition coefficient (Wildman–Crippen LogP) is 3.49. The normalized spacial score (nSPS) is 17.4. The van der Waals surface area contributed by atoms with Gasteiger partial charge >= 0.3 is 0 Å². The van der Waals surface area contributed by atoms with Crippen LogP contribution in [0.25, 0.3) is 11.0 Å². The lowest BCUT2D eigenvalue weighted by molar-refractivity contribution is -0.384. The van der Waals surface area contributed by atoms with Gasteiger partial charge in [-0.1, -0.05) is 18.2 Å². The number of amides is 1. The summed E-state index contributed by atoms with van der Waals surface area (Å²) < 4.78 is 0. The molecule has 7 heteroatoms. The first-order valence-electron chi connectivity index (χ1n) is 8.60. The van der Waals surface area contributed by atoms with E-state index in [0.717, 1.165) is 29.7 Å². The number of nitro groups is 1. The second-order valence-corrected chi connectivity index (χ2v) is 6.54. The number of carbonyl (C=O) groups is 1. The lowest BCUT2D eigenvalue weighted by atomic mass is 9.96. The van der Waals surface area contributed by atoms with Crippen molar-refractivity contribution in [1.29, 1.82) is 0 Å². The van der Waals surface area contributed by atoms with Crippen molar-refractivity contribution in [2.75, 3.05) is 13.1 Å². The standard InChI is InChI=1S/C19H18N4O3/c24-19(13-5-3-7-15(11-13)23(25)26)22-10-4-6-14(12-22)18-20-16-8-1-2-9-17(16)21-18/h1-3,5,7-9,11,14H,4,6,10,12H2,(H,20,21). The van der Waals surface area contributed by atoms with Gasteiger partial charge in [0.1, 0.15) is 5.82 Å². The van der Waals surface area contributed by atoms with E-state index >= 15 is 0 Å². The number of hydrogen-bond acceptors (Lipinski definition) is 4. The summed E-state index contributed by atoms with van der Waals surface area (Å²) in [5.74, 6) is 0.857. The highest BCUT2D eigenvalue weighted by molar-refractivity contribution is 5.95. The zero-order valence-corrected chi connectivity index (χ0v) is 14.1. The molecule has 26 heavy (non-hydrogen) atoms. The molecule has 1 fully saturated rings. The number of benzene rings is 2. The maximum absolute atomic E-state index is 12.8. The van der Waals surface area contributed by atoms with Gasteiger partial charge < -0.3 is 9.88 Å². The quantitative estimate of drug-likeness (QED) is 0.578. The Balaban J connectivity index is 1.55. The zero-order valence-electron chi connectivity index (χ0n) is 14.1. The van der Waals surface area contributed by atoms with E-state index in [-0.39, 0.29) is 17.5 Å². The fourth-order valence-electron chi connectivity index (χ4n) is 3.49. The molecule has 1 aliphatic heterocycles. The SMILES string of the molecule is O=C(c1cccc([N+](=O)[O-])c1)N1CCCC(c2nc3ccccc3[nH]2)C1. The number of aromatic amines is 1. The van der Waals surface area contributed by atoms with Gasteiger partial charge in [0.05, 0.1) is 16.0 Å². The Bertz CT molecular complexity index is 949. The van der Waals surface area contributed by atoms with Gasteiger partial charge in [0.15, 0.2) is 0 Å². The van der Waals surface area contributed by atoms with Crippen LogP contribution in [0.2, 0.25) is 0 Å². The Morgan fingerprint density at radius 1 is 1.23 bits per heavy atom. The number of para-hydroxylation sites is 2. The van der Waals surface area contributed by atoms with Gasteiger partial charge in [-0.05, 0) is 31.0 Å². The molecule has 1 saturated heterocycles. The van der Waals surface area contributed by atoms with Crippen LogP contribution >= 0.6 is 0 Å². The molecule has 3 aromatic rings. The minimum Gasteiger partial charge on any atom is -0.342 e. The largest absolute Gasteiger partial charge is 0.342 e. The number of nitro benzene ring substituents is 1. The maximum Gasteiger partial charge on any atom is 0.270 e. The Morgan fingerprint density at radius 3 is 2.88 bits per heavy atom. The Morgan fingerprint density at radius 2 is 2.08 bits per heavy atom. The van der Waals surface area contributed by atoms with Crippen LogP contribution in [0.15, 0.2) is 48.5 Å². The summed E-state index contributed by atoms with van der Waals surface area (Å²) in [5, 5.41) is 10.9. The van der Waals surface area contributed by atoms with Crippen molar-refractivity contribution in [2.24, 2.45) is 0 Å². The summed E-state index contributed by atoms with van der Waals surface area (Å²) >= 11 is 0. The minimum atomic E-state index is -0.482. The van der Waals surface area contributed by atoms with Gasteiger partial charge in [-0.2, -0.15) is 0 Å². The fourth-order valence-corrected chi connectivity index (χ4v) is 3.49. The number of rotatable bonds is 3. The molecule has 1 N–H and O–H groups in total. The summed E-state index contributed by atoms with van der Waals surface area (Å²) in [6.07, 6.45) is 1.83. The number of hydrogen-bond donors (Lipinski definition) is 1. The molecule has 0 radical (unpaired) electrons. The average Bonchev–Trinajstić information content (AvgIpc) is 3.12. The summed E-state index contributed by atoms with van der Waals surface area (Å²) in [6.45, 7) is 1.21. The van der Waals surface area contributed by atoms with E-state index in [1.165, 1.54) is 12.1 Å². The van der Waals surface area contributed by atoms with Crippen LogP contribution < -0.4 is 0 Å². The Labute approximate surface area is 149 Å². The zero-order chi connectivity index (χ0) is 18.1. The third-order valence-electron chi connectivity index (χ3n) is 4.81. The van der Waals surface area contributed by atoms with E-state index in [2.05, 4.69) is 9.97 Å². The summed E-state index contributed by atoms with van der Waals surface area (Å²) in [7, 11) is 0.